The van der Waals surface area contributed by atoms with E-state index < -0.39 is 15.7 Å². The Morgan fingerprint density at radius 3 is 2.69 bits per heavy atom. The van der Waals surface area contributed by atoms with Crippen LogP contribution >= 0.6 is 0 Å². The first kappa shape index (κ1) is 12.6. The molecule has 1 rings (SSSR count). The van der Waals surface area contributed by atoms with E-state index in [4.69, 9.17) is 11.0 Å². The second-order valence-electron chi connectivity index (χ2n) is 3.29. The van der Waals surface area contributed by atoms with Crippen LogP contribution in [-0.4, -0.2) is 20.7 Å². The zero-order valence-electron chi connectivity index (χ0n) is 8.48. The fourth-order valence-electron chi connectivity index (χ4n) is 1.28. The van der Waals surface area contributed by atoms with Gasteiger partial charge in [0.25, 0.3) is 0 Å². The number of nitrogens with zero attached hydrogens (tertiary/aromatic N) is 1. The molecule has 0 aliphatic heterocycles. The van der Waals surface area contributed by atoms with Crippen molar-refractivity contribution in [3.63, 3.8) is 0 Å². The lowest BCUT2D eigenvalue weighted by molar-refractivity contribution is 0.594. The van der Waals surface area contributed by atoms with Gasteiger partial charge < -0.3 is 5.73 Å². The molecule has 0 aliphatic rings. The van der Waals surface area contributed by atoms with Crippen LogP contribution in [0.1, 0.15) is 11.1 Å². The van der Waals surface area contributed by atoms with Gasteiger partial charge in [-0.3, -0.25) is 0 Å². The van der Waals surface area contributed by atoms with E-state index in [0.29, 0.717) is 0 Å². The van der Waals surface area contributed by atoms with Gasteiger partial charge >= 0.3 is 0 Å². The third kappa shape index (κ3) is 3.29. The predicted octanol–water partition coefficient (Wildman–Crippen LogP) is 0.571. The zero-order valence-corrected chi connectivity index (χ0v) is 9.30. The SMILES string of the molecule is N#Cc1ccc(F)cc1CS(=O)(=O)CCN. The molecule has 0 amide bonds. The topological polar surface area (TPSA) is 84.0 Å². The molecule has 0 radical (unpaired) electrons. The summed E-state index contributed by atoms with van der Waals surface area (Å²) in [6.45, 7) is 0.0134. The Bertz CT molecular complexity index is 520. The quantitative estimate of drug-likeness (QED) is 0.836. The van der Waals surface area contributed by atoms with Crippen molar-refractivity contribution in [2.24, 2.45) is 5.73 Å². The number of sulfone groups is 1. The summed E-state index contributed by atoms with van der Waals surface area (Å²) in [6, 6.07) is 5.28. The van der Waals surface area contributed by atoms with Gasteiger partial charge in [0.2, 0.25) is 0 Å². The van der Waals surface area contributed by atoms with Crippen LogP contribution in [0.15, 0.2) is 18.2 Å². The molecule has 0 spiro atoms. The number of nitrogens with two attached hydrogens (primary N) is 1. The lowest BCUT2D eigenvalue weighted by Crippen LogP contribution is -2.17. The first-order chi connectivity index (χ1) is 7.48. The summed E-state index contributed by atoms with van der Waals surface area (Å²) in [7, 11) is -3.38. The Balaban J connectivity index is 3.06. The van der Waals surface area contributed by atoms with Crippen LogP contribution in [0.4, 0.5) is 4.39 Å². The number of hydrogen-bond acceptors (Lipinski definition) is 4. The summed E-state index contributed by atoms with van der Waals surface area (Å²) >= 11 is 0. The first-order valence-corrected chi connectivity index (χ1v) is 6.39. The van der Waals surface area contributed by atoms with Crippen LogP contribution in [0.5, 0.6) is 0 Å². The van der Waals surface area contributed by atoms with Gasteiger partial charge in [0.1, 0.15) is 5.82 Å². The minimum atomic E-state index is -3.38. The normalized spacial score (nSPS) is 11.1. The minimum absolute atomic E-state index is 0.0134. The highest BCUT2D eigenvalue weighted by atomic mass is 32.2. The van der Waals surface area contributed by atoms with Gasteiger partial charge in [-0.05, 0) is 23.8 Å². The van der Waals surface area contributed by atoms with E-state index in [9.17, 15) is 12.8 Å². The molecule has 16 heavy (non-hydrogen) atoms. The highest BCUT2D eigenvalue weighted by Gasteiger charge is 2.14. The maximum absolute atomic E-state index is 12.9. The van der Waals surface area contributed by atoms with Gasteiger partial charge in [-0.15, -0.1) is 0 Å². The number of nitriles is 1. The van der Waals surface area contributed by atoms with Crippen molar-refractivity contribution in [1.29, 1.82) is 5.26 Å². The van der Waals surface area contributed by atoms with Crippen molar-refractivity contribution in [2.75, 3.05) is 12.3 Å². The maximum atomic E-state index is 12.9. The molecule has 6 heteroatoms. The van der Waals surface area contributed by atoms with E-state index in [0.717, 1.165) is 12.1 Å². The van der Waals surface area contributed by atoms with E-state index in [-0.39, 0.29) is 29.2 Å². The zero-order chi connectivity index (χ0) is 12.2. The van der Waals surface area contributed by atoms with Crippen LogP contribution < -0.4 is 5.73 Å². The summed E-state index contributed by atoms with van der Waals surface area (Å²) < 4.78 is 35.9. The van der Waals surface area contributed by atoms with Crippen LogP contribution in [0.2, 0.25) is 0 Å². The molecule has 0 saturated heterocycles. The second kappa shape index (κ2) is 5.05. The number of hydrogen-bond donors (Lipinski definition) is 1. The molecule has 86 valence electrons. The molecule has 4 nitrogen and oxygen atoms in total. The fraction of sp³-hybridized carbons (Fsp3) is 0.300. The molecule has 0 saturated carbocycles. The van der Waals surface area contributed by atoms with Crippen molar-refractivity contribution in [3.8, 4) is 6.07 Å². The van der Waals surface area contributed by atoms with Crippen molar-refractivity contribution < 1.29 is 12.8 Å². The predicted molar refractivity (Wildman–Crippen MR) is 57.7 cm³/mol. The molecule has 0 aromatic heterocycles. The number of halogens is 1. The molecule has 2 N–H and O–H groups in total. The van der Waals surface area contributed by atoms with Crippen molar-refractivity contribution in [2.45, 2.75) is 5.75 Å². The third-order valence-corrected chi connectivity index (χ3v) is 3.60. The standard InChI is InChI=1S/C10H11FN2O2S/c11-10-2-1-8(6-13)9(5-10)7-16(14,15)4-3-12/h1-2,5H,3-4,7,12H2. The van der Waals surface area contributed by atoms with Crippen LogP contribution in [0.25, 0.3) is 0 Å². The largest absolute Gasteiger partial charge is 0.329 e. The van der Waals surface area contributed by atoms with Gasteiger partial charge in [-0.2, -0.15) is 5.26 Å². The second-order valence-corrected chi connectivity index (χ2v) is 5.48. The molecule has 0 heterocycles. The van der Waals surface area contributed by atoms with Gasteiger partial charge in [0.05, 0.1) is 23.1 Å². The Morgan fingerprint density at radius 2 is 2.12 bits per heavy atom. The van der Waals surface area contributed by atoms with Crippen molar-refractivity contribution in [3.05, 3.63) is 35.1 Å². The van der Waals surface area contributed by atoms with Gasteiger partial charge in [-0.1, -0.05) is 0 Å². The molecule has 0 atom stereocenters. The van der Waals surface area contributed by atoms with Crippen LogP contribution in [-0.2, 0) is 15.6 Å². The smallest absolute Gasteiger partial charge is 0.155 e. The lowest BCUT2D eigenvalue weighted by Gasteiger charge is -2.05. The first-order valence-electron chi connectivity index (χ1n) is 4.57. The third-order valence-electron chi connectivity index (χ3n) is 1.99. The highest BCUT2D eigenvalue weighted by Crippen LogP contribution is 2.14. The highest BCUT2D eigenvalue weighted by molar-refractivity contribution is 7.90. The minimum Gasteiger partial charge on any atom is -0.329 e. The van der Waals surface area contributed by atoms with Crippen molar-refractivity contribution in [1.82, 2.24) is 0 Å². The monoisotopic (exact) mass is 242 g/mol. The molecule has 0 aliphatic carbocycles. The van der Waals surface area contributed by atoms with E-state index in [1.807, 2.05) is 6.07 Å². The Hall–Kier alpha value is -1.45. The average Bonchev–Trinajstić information content (AvgIpc) is 2.17. The maximum Gasteiger partial charge on any atom is 0.155 e. The summed E-state index contributed by atoms with van der Waals surface area (Å²) in [5, 5.41) is 8.74. The summed E-state index contributed by atoms with van der Waals surface area (Å²) in [5.74, 6) is -1.09. The molecule has 0 unspecified atom stereocenters. The van der Waals surface area contributed by atoms with E-state index in [2.05, 4.69) is 0 Å². The Morgan fingerprint density at radius 1 is 1.44 bits per heavy atom. The summed E-state index contributed by atoms with van der Waals surface area (Å²) in [5.41, 5.74) is 5.50. The molecule has 1 aromatic carbocycles. The Kier molecular flexibility index (Phi) is 3.99. The van der Waals surface area contributed by atoms with E-state index >= 15 is 0 Å². The van der Waals surface area contributed by atoms with Gasteiger partial charge in [0, 0.05) is 6.54 Å². The van der Waals surface area contributed by atoms with E-state index in [1.54, 1.807) is 0 Å². The lowest BCUT2D eigenvalue weighted by atomic mass is 10.1. The summed E-state index contributed by atoms with van der Waals surface area (Å²) in [6.07, 6.45) is 0. The molecular formula is C10H11FN2O2S. The molecule has 0 bridgehead atoms. The van der Waals surface area contributed by atoms with Gasteiger partial charge in [-0.25, -0.2) is 12.8 Å². The number of rotatable bonds is 4. The average molecular weight is 242 g/mol. The number of benzene rings is 1. The van der Waals surface area contributed by atoms with Gasteiger partial charge in [0.15, 0.2) is 9.84 Å². The van der Waals surface area contributed by atoms with Crippen LogP contribution in [0, 0.1) is 17.1 Å². The molecule has 1 aromatic rings. The van der Waals surface area contributed by atoms with Crippen LogP contribution in [0.3, 0.4) is 0 Å². The molecular weight excluding hydrogens is 231 g/mol. The molecule has 0 fully saturated rings. The van der Waals surface area contributed by atoms with Crippen molar-refractivity contribution >= 4 is 9.84 Å². The fourth-order valence-corrected chi connectivity index (χ4v) is 2.50. The summed E-state index contributed by atoms with van der Waals surface area (Å²) in [4.78, 5) is 0. The Labute approximate surface area is 93.4 Å². The van der Waals surface area contributed by atoms with E-state index in [1.165, 1.54) is 6.07 Å².